The topological polar surface area (TPSA) is 69.0 Å². The van der Waals surface area contributed by atoms with E-state index >= 15 is 0 Å². The van der Waals surface area contributed by atoms with Crippen LogP contribution in [0.25, 0.3) is 11.4 Å². The Morgan fingerprint density at radius 2 is 2.08 bits per heavy atom. The molecule has 0 aliphatic rings. The molecule has 2 heterocycles. The van der Waals surface area contributed by atoms with E-state index in [1.807, 2.05) is 0 Å². The number of rotatable bonds is 5. The molecule has 0 saturated carbocycles. The van der Waals surface area contributed by atoms with E-state index in [4.69, 9.17) is 23.2 Å². The molecule has 0 spiro atoms. The number of anilines is 1. The normalized spacial score (nSPS) is 12.3. The van der Waals surface area contributed by atoms with Gasteiger partial charge >= 0.3 is 6.61 Å². The lowest BCUT2D eigenvalue weighted by Crippen LogP contribution is -2.21. The first-order valence-electron chi connectivity index (χ1n) is 6.48. The molecule has 24 heavy (non-hydrogen) atoms. The molecule has 11 heteroatoms. The van der Waals surface area contributed by atoms with Crippen LogP contribution in [0.5, 0.6) is 5.88 Å². The monoisotopic (exact) mass is 382 g/mol. The van der Waals surface area contributed by atoms with Crippen molar-refractivity contribution < 1.29 is 22.7 Å². The van der Waals surface area contributed by atoms with Crippen molar-refractivity contribution in [2.24, 2.45) is 7.05 Å². The second-order valence-electron chi connectivity index (χ2n) is 4.62. The summed E-state index contributed by atoms with van der Waals surface area (Å²) in [7, 11) is 1.29. The molecular weight excluding hydrogens is 372 g/mol. The predicted octanol–water partition coefficient (Wildman–Crippen LogP) is 3.44. The first-order chi connectivity index (χ1) is 11.2. The third kappa shape index (κ3) is 3.90. The molecule has 2 rings (SSSR count). The average Bonchev–Trinajstić information content (AvgIpc) is 2.75. The van der Waals surface area contributed by atoms with Gasteiger partial charge in [-0.1, -0.05) is 11.6 Å². The van der Waals surface area contributed by atoms with Crippen molar-refractivity contribution >= 4 is 34.8 Å². The highest BCUT2D eigenvalue weighted by atomic mass is 35.5. The quantitative estimate of drug-likeness (QED) is 0.804. The molecule has 1 amide bonds. The van der Waals surface area contributed by atoms with Gasteiger partial charge in [-0.2, -0.15) is 13.9 Å². The number of nitrogens with one attached hydrogen (secondary N) is 1. The Morgan fingerprint density at radius 3 is 2.62 bits per heavy atom. The smallest absolute Gasteiger partial charge is 0.388 e. The van der Waals surface area contributed by atoms with E-state index in [1.165, 1.54) is 14.0 Å². The highest BCUT2D eigenvalue weighted by Gasteiger charge is 2.27. The summed E-state index contributed by atoms with van der Waals surface area (Å²) in [5.41, 5.74) is -0.770. The number of hydrogen-bond acceptors (Lipinski definition) is 4. The molecular formula is C13H11Cl2F3N4O2. The van der Waals surface area contributed by atoms with Gasteiger partial charge in [0, 0.05) is 13.2 Å². The summed E-state index contributed by atoms with van der Waals surface area (Å²) in [4.78, 5) is 15.6. The van der Waals surface area contributed by atoms with Crippen LogP contribution < -0.4 is 10.1 Å². The Kier molecular flexibility index (Phi) is 5.55. The fourth-order valence-electron chi connectivity index (χ4n) is 1.82. The van der Waals surface area contributed by atoms with E-state index in [1.54, 1.807) is 0 Å². The molecule has 1 N–H and O–H groups in total. The van der Waals surface area contributed by atoms with Crippen LogP contribution >= 0.6 is 23.2 Å². The molecule has 0 aliphatic heterocycles. The Bertz CT molecular complexity index is 768. The average molecular weight is 383 g/mol. The Hall–Kier alpha value is -2.00. The van der Waals surface area contributed by atoms with Crippen molar-refractivity contribution in [2.75, 3.05) is 5.32 Å². The molecule has 0 bridgehead atoms. The molecule has 0 saturated heterocycles. The lowest BCUT2D eigenvalue weighted by molar-refractivity contribution is -0.115. The van der Waals surface area contributed by atoms with Gasteiger partial charge in [-0.25, -0.2) is 14.1 Å². The lowest BCUT2D eigenvalue weighted by Gasteiger charge is -2.10. The molecule has 2 aromatic heterocycles. The maximum Gasteiger partial charge on any atom is 0.388 e. The summed E-state index contributed by atoms with van der Waals surface area (Å²) in [6.07, 6.45) is 1.15. The van der Waals surface area contributed by atoms with E-state index in [0.717, 1.165) is 16.9 Å². The standard InChI is InChI=1S/C13H11Cl2F3N4O2/c1-5(14)11(23)20-10-9(8-7(16)3-6(15)4-19-8)21-22(2)12(10)24-13(17)18/h3-5,13H,1-2H3,(H,20,23). The van der Waals surface area contributed by atoms with Gasteiger partial charge in [0.2, 0.25) is 11.8 Å². The van der Waals surface area contributed by atoms with E-state index in [9.17, 15) is 18.0 Å². The van der Waals surface area contributed by atoms with E-state index in [-0.39, 0.29) is 22.1 Å². The first-order valence-corrected chi connectivity index (χ1v) is 7.30. The van der Waals surface area contributed by atoms with E-state index < -0.39 is 29.6 Å². The third-order valence-electron chi connectivity index (χ3n) is 2.84. The van der Waals surface area contributed by atoms with Gasteiger partial charge in [-0.15, -0.1) is 11.6 Å². The van der Waals surface area contributed by atoms with Gasteiger partial charge in [0.05, 0.1) is 5.02 Å². The van der Waals surface area contributed by atoms with Gasteiger partial charge in [-0.3, -0.25) is 4.79 Å². The largest absolute Gasteiger partial charge is 0.415 e. The van der Waals surface area contributed by atoms with Gasteiger partial charge in [0.25, 0.3) is 0 Å². The van der Waals surface area contributed by atoms with Crippen molar-refractivity contribution in [2.45, 2.75) is 18.9 Å². The van der Waals surface area contributed by atoms with Crippen molar-refractivity contribution in [1.29, 1.82) is 0 Å². The number of aryl methyl sites for hydroxylation is 1. The van der Waals surface area contributed by atoms with Crippen LogP contribution in [0.4, 0.5) is 18.9 Å². The van der Waals surface area contributed by atoms with Crippen molar-refractivity contribution in [3.8, 4) is 17.3 Å². The van der Waals surface area contributed by atoms with Crippen LogP contribution in [0.1, 0.15) is 6.92 Å². The minimum atomic E-state index is -3.18. The highest BCUT2D eigenvalue weighted by molar-refractivity contribution is 6.32. The second-order valence-corrected chi connectivity index (χ2v) is 5.71. The molecule has 2 aromatic rings. The summed E-state index contributed by atoms with van der Waals surface area (Å²) < 4.78 is 44.6. The van der Waals surface area contributed by atoms with Crippen molar-refractivity contribution in [1.82, 2.24) is 14.8 Å². The SMILES string of the molecule is CC(Cl)C(=O)Nc1c(-c2ncc(Cl)cc2F)nn(C)c1OC(F)F. The van der Waals surface area contributed by atoms with Crippen molar-refractivity contribution in [3.05, 3.63) is 23.1 Å². The molecule has 0 radical (unpaired) electrons. The number of amides is 1. The number of aromatic nitrogens is 3. The summed E-state index contributed by atoms with van der Waals surface area (Å²) >= 11 is 11.3. The number of carbonyl (C=O) groups is 1. The van der Waals surface area contributed by atoms with Crippen LogP contribution in [0, 0.1) is 5.82 Å². The maximum atomic E-state index is 14.1. The number of carbonyl (C=O) groups excluding carboxylic acids is 1. The predicted molar refractivity (Wildman–Crippen MR) is 82.0 cm³/mol. The number of ether oxygens (including phenoxy) is 1. The summed E-state index contributed by atoms with van der Waals surface area (Å²) in [5.74, 6) is -2.03. The van der Waals surface area contributed by atoms with Crippen LogP contribution in [0.15, 0.2) is 12.3 Å². The molecule has 130 valence electrons. The minimum Gasteiger partial charge on any atom is -0.415 e. The Morgan fingerprint density at radius 1 is 1.42 bits per heavy atom. The van der Waals surface area contributed by atoms with Crippen LogP contribution in [0.3, 0.4) is 0 Å². The number of pyridine rings is 1. The molecule has 1 unspecified atom stereocenters. The third-order valence-corrected chi connectivity index (χ3v) is 3.24. The number of nitrogens with zero attached hydrogens (tertiary/aromatic N) is 3. The minimum absolute atomic E-state index is 0.0381. The Labute approximate surface area is 144 Å². The van der Waals surface area contributed by atoms with Gasteiger partial charge in [-0.05, 0) is 13.0 Å². The van der Waals surface area contributed by atoms with Gasteiger partial charge < -0.3 is 10.1 Å². The second kappa shape index (κ2) is 7.27. The van der Waals surface area contributed by atoms with E-state index in [2.05, 4.69) is 20.1 Å². The fraction of sp³-hybridized carbons (Fsp3) is 0.308. The number of halogens is 5. The molecule has 0 fully saturated rings. The molecule has 0 aliphatic carbocycles. The molecule has 1 atom stereocenters. The Balaban J connectivity index is 2.59. The molecule has 0 aromatic carbocycles. The first kappa shape index (κ1) is 18.3. The zero-order valence-corrected chi connectivity index (χ0v) is 13.9. The zero-order chi connectivity index (χ0) is 18.0. The van der Waals surface area contributed by atoms with Gasteiger partial charge in [0.15, 0.2) is 5.82 Å². The number of alkyl halides is 3. The summed E-state index contributed by atoms with van der Waals surface area (Å²) in [6, 6.07) is 0.974. The van der Waals surface area contributed by atoms with Gasteiger partial charge in [0.1, 0.15) is 22.5 Å². The van der Waals surface area contributed by atoms with Crippen LogP contribution in [0.2, 0.25) is 5.02 Å². The van der Waals surface area contributed by atoms with Crippen LogP contribution in [-0.2, 0) is 11.8 Å². The molecule has 6 nitrogen and oxygen atoms in total. The van der Waals surface area contributed by atoms with Crippen LogP contribution in [-0.4, -0.2) is 32.7 Å². The fourth-order valence-corrected chi connectivity index (χ4v) is 2.02. The van der Waals surface area contributed by atoms with E-state index in [0.29, 0.717) is 0 Å². The lowest BCUT2D eigenvalue weighted by atomic mass is 10.2. The summed E-state index contributed by atoms with van der Waals surface area (Å²) in [6.45, 7) is -1.80. The number of hydrogen-bond donors (Lipinski definition) is 1. The zero-order valence-electron chi connectivity index (χ0n) is 12.4. The summed E-state index contributed by atoms with van der Waals surface area (Å²) in [5, 5.41) is 5.25. The maximum absolute atomic E-state index is 14.1. The highest BCUT2D eigenvalue weighted by Crippen LogP contribution is 2.37. The van der Waals surface area contributed by atoms with Crippen molar-refractivity contribution in [3.63, 3.8) is 0 Å².